The van der Waals surface area contributed by atoms with Gasteiger partial charge in [-0.25, -0.2) is 9.97 Å². The summed E-state index contributed by atoms with van der Waals surface area (Å²) in [5.74, 6) is 1.50. The lowest BCUT2D eigenvalue weighted by Crippen LogP contribution is -2.22. The number of rotatable bonds is 8. The van der Waals surface area contributed by atoms with Crippen molar-refractivity contribution in [1.82, 2.24) is 15.0 Å². The first-order valence-corrected chi connectivity index (χ1v) is 11.4. The van der Waals surface area contributed by atoms with Gasteiger partial charge in [0.2, 0.25) is 0 Å². The number of carbonyl (C=O) groups is 1. The van der Waals surface area contributed by atoms with E-state index < -0.39 is 0 Å². The molecule has 1 aliphatic heterocycles. The molecule has 5 rings (SSSR count). The van der Waals surface area contributed by atoms with E-state index >= 15 is 0 Å². The van der Waals surface area contributed by atoms with Crippen LogP contribution in [0.4, 0.5) is 5.82 Å². The maximum atomic E-state index is 13.4. The second-order valence-corrected chi connectivity index (χ2v) is 8.46. The van der Waals surface area contributed by atoms with Crippen molar-refractivity contribution >= 4 is 34.2 Å². The van der Waals surface area contributed by atoms with E-state index in [1.54, 1.807) is 24.4 Å². The molecular weight excluding hydrogens is 456 g/mol. The summed E-state index contributed by atoms with van der Waals surface area (Å²) < 4.78 is 11.6. The van der Waals surface area contributed by atoms with Gasteiger partial charge >= 0.3 is 0 Å². The number of ketones is 1. The van der Waals surface area contributed by atoms with Crippen molar-refractivity contribution in [1.29, 1.82) is 0 Å². The van der Waals surface area contributed by atoms with Crippen molar-refractivity contribution in [2.75, 3.05) is 18.5 Å². The molecule has 2 aromatic carbocycles. The fourth-order valence-corrected chi connectivity index (χ4v) is 4.32. The monoisotopic (exact) mass is 478 g/mol. The van der Waals surface area contributed by atoms with E-state index in [0.29, 0.717) is 46.0 Å². The molecule has 0 aliphatic carbocycles. The first-order chi connectivity index (χ1) is 16.6. The molecule has 0 unspecified atom stereocenters. The first-order valence-electron chi connectivity index (χ1n) is 11.0. The largest absolute Gasteiger partial charge is 0.457 e. The van der Waals surface area contributed by atoms with Gasteiger partial charge in [0, 0.05) is 24.4 Å². The smallest absolute Gasteiger partial charge is 0.196 e. The molecule has 0 saturated carbocycles. The number of para-hydroxylation sites is 1. The van der Waals surface area contributed by atoms with Gasteiger partial charge in [-0.15, -0.1) is 0 Å². The third kappa shape index (κ3) is 4.61. The number of benzene rings is 2. The molecule has 8 nitrogen and oxygen atoms in total. The predicted molar refractivity (Wildman–Crippen MR) is 129 cm³/mol. The second kappa shape index (κ2) is 9.80. The van der Waals surface area contributed by atoms with Crippen LogP contribution in [0.1, 0.15) is 28.8 Å². The summed E-state index contributed by atoms with van der Waals surface area (Å²) in [5.41, 5.74) is 1.31. The molecule has 1 aliphatic rings. The zero-order valence-electron chi connectivity index (χ0n) is 18.2. The lowest BCUT2D eigenvalue weighted by Gasteiger charge is -2.14. The molecule has 4 aromatic rings. The van der Waals surface area contributed by atoms with Gasteiger partial charge in [-0.3, -0.25) is 4.79 Å². The molecule has 0 radical (unpaired) electrons. The number of aromatic nitrogens is 3. The highest BCUT2D eigenvalue weighted by molar-refractivity contribution is 6.35. The van der Waals surface area contributed by atoms with E-state index in [1.807, 2.05) is 30.3 Å². The van der Waals surface area contributed by atoms with Crippen molar-refractivity contribution in [3.63, 3.8) is 0 Å². The molecule has 0 amide bonds. The summed E-state index contributed by atoms with van der Waals surface area (Å²) >= 11 is 6.48. The summed E-state index contributed by atoms with van der Waals surface area (Å²) in [7, 11) is 0. The highest BCUT2D eigenvalue weighted by Gasteiger charge is 2.25. The van der Waals surface area contributed by atoms with Crippen LogP contribution in [0.25, 0.3) is 11.0 Å². The average molecular weight is 479 g/mol. The van der Waals surface area contributed by atoms with Crippen LogP contribution in [-0.4, -0.2) is 51.2 Å². The van der Waals surface area contributed by atoms with Crippen LogP contribution in [0.5, 0.6) is 11.5 Å². The quantitative estimate of drug-likeness (QED) is 0.318. The third-order valence-corrected chi connectivity index (χ3v) is 6.09. The molecule has 9 heteroatoms. The Kier molecular flexibility index (Phi) is 6.44. The molecule has 34 heavy (non-hydrogen) atoms. The Balaban J connectivity index is 1.38. The number of aliphatic hydroxyl groups excluding tert-OH is 1. The van der Waals surface area contributed by atoms with Crippen LogP contribution in [0.2, 0.25) is 5.02 Å². The van der Waals surface area contributed by atoms with Crippen LogP contribution in [0, 0.1) is 0 Å². The Morgan fingerprint density at radius 2 is 1.94 bits per heavy atom. The number of anilines is 1. The minimum atomic E-state index is -0.252. The topological polar surface area (TPSA) is 109 Å². The van der Waals surface area contributed by atoms with Gasteiger partial charge in [0.05, 0.1) is 34.8 Å². The first kappa shape index (κ1) is 22.3. The number of carbonyl (C=O) groups excluding carboxylic acids is 1. The van der Waals surface area contributed by atoms with Crippen LogP contribution in [-0.2, 0) is 4.74 Å². The Hall–Kier alpha value is -3.46. The Labute approximate surface area is 200 Å². The number of H-pyrrole nitrogens is 1. The Morgan fingerprint density at radius 3 is 2.71 bits per heavy atom. The number of hydrogen-bond donors (Lipinski definition) is 3. The normalized spacial score (nSPS) is 17.7. The minimum Gasteiger partial charge on any atom is -0.457 e. The van der Waals surface area contributed by atoms with Crippen LogP contribution >= 0.6 is 11.6 Å². The van der Waals surface area contributed by atoms with E-state index in [1.165, 1.54) is 6.33 Å². The molecular formula is C25H23ClN4O4. The van der Waals surface area contributed by atoms with Crippen LogP contribution < -0.4 is 10.1 Å². The van der Waals surface area contributed by atoms with E-state index in [-0.39, 0.29) is 29.6 Å². The van der Waals surface area contributed by atoms with Gasteiger partial charge in [-0.05, 0) is 37.1 Å². The number of ether oxygens (including phenoxy) is 2. The summed E-state index contributed by atoms with van der Waals surface area (Å²) in [6.07, 6.45) is 4.55. The van der Waals surface area contributed by atoms with Gasteiger partial charge < -0.3 is 24.9 Å². The summed E-state index contributed by atoms with van der Waals surface area (Å²) in [6.45, 7) is 0.522. The lowest BCUT2D eigenvalue weighted by molar-refractivity contribution is 0.0174. The average Bonchev–Trinajstić information content (AvgIpc) is 3.50. The van der Waals surface area contributed by atoms with Gasteiger partial charge in [0.15, 0.2) is 5.78 Å². The number of nitrogens with one attached hydrogen (secondary N) is 2. The minimum absolute atomic E-state index is 0.0145. The van der Waals surface area contributed by atoms with Crippen molar-refractivity contribution in [2.24, 2.45) is 0 Å². The SMILES string of the molecule is O=C(c1ccc(Oc2ccccc2)cc1Cl)c1c[nH]c2ncnc(NC[C@H]3CC[C@@H](CO)O3)c12. The number of nitrogens with zero attached hydrogens (tertiary/aromatic N) is 2. The number of aliphatic hydroxyl groups is 1. The fraction of sp³-hybridized carbons (Fsp3) is 0.240. The maximum Gasteiger partial charge on any atom is 0.196 e. The van der Waals surface area contributed by atoms with Crippen molar-refractivity contribution in [3.05, 3.63) is 77.2 Å². The Bertz CT molecular complexity index is 1310. The third-order valence-electron chi connectivity index (χ3n) is 5.77. The standard InChI is InChI=1S/C25H23ClN4O4/c26-21-10-16(33-15-4-2-1-3-5-15)8-9-19(21)23(32)20-12-28-25-22(20)24(29-14-30-25)27-11-17-6-7-18(13-31)34-17/h1-5,8-10,12,14,17-18,31H,6-7,11,13H2,(H2,27,28,29,30)/t17-,18+/m1/s1. The van der Waals surface area contributed by atoms with Gasteiger partial charge in [0.1, 0.15) is 29.3 Å². The van der Waals surface area contributed by atoms with Crippen LogP contribution in [0.3, 0.4) is 0 Å². The molecule has 1 saturated heterocycles. The molecule has 0 bridgehead atoms. The summed E-state index contributed by atoms with van der Waals surface area (Å²) in [4.78, 5) is 25.1. The molecule has 2 atom stereocenters. The van der Waals surface area contributed by atoms with E-state index in [2.05, 4.69) is 20.3 Å². The summed E-state index contributed by atoms with van der Waals surface area (Å²) in [6, 6.07) is 14.3. The number of aromatic amines is 1. The number of fused-ring (bicyclic) bond motifs is 1. The predicted octanol–water partition coefficient (Wildman–Crippen LogP) is 4.59. The second-order valence-electron chi connectivity index (χ2n) is 8.06. The van der Waals surface area contributed by atoms with Gasteiger partial charge in [0.25, 0.3) is 0 Å². The number of halogens is 1. The summed E-state index contributed by atoms with van der Waals surface area (Å²) in [5, 5.41) is 13.4. The van der Waals surface area contributed by atoms with E-state index in [4.69, 9.17) is 21.1 Å². The van der Waals surface area contributed by atoms with Crippen molar-refractivity contribution in [2.45, 2.75) is 25.0 Å². The van der Waals surface area contributed by atoms with Crippen molar-refractivity contribution in [3.8, 4) is 11.5 Å². The van der Waals surface area contributed by atoms with Gasteiger partial charge in [-0.2, -0.15) is 0 Å². The zero-order valence-corrected chi connectivity index (χ0v) is 19.0. The number of hydrogen-bond acceptors (Lipinski definition) is 7. The van der Waals surface area contributed by atoms with Crippen molar-refractivity contribution < 1.29 is 19.4 Å². The molecule has 1 fully saturated rings. The fourth-order valence-electron chi connectivity index (χ4n) is 4.06. The van der Waals surface area contributed by atoms with Crippen LogP contribution in [0.15, 0.2) is 61.1 Å². The highest BCUT2D eigenvalue weighted by atomic mass is 35.5. The molecule has 174 valence electrons. The van der Waals surface area contributed by atoms with E-state index in [9.17, 15) is 9.90 Å². The van der Waals surface area contributed by atoms with Gasteiger partial charge in [-0.1, -0.05) is 29.8 Å². The highest BCUT2D eigenvalue weighted by Crippen LogP contribution is 2.31. The Morgan fingerprint density at radius 1 is 1.12 bits per heavy atom. The maximum absolute atomic E-state index is 13.4. The molecule has 2 aromatic heterocycles. The molecule has 3 heterocycles. The lowest BCUT2D eigenvalue weighted by atomic mass is 10.0. The van der Waals surface area contributed by atoms with E-state index in [0.717, 1.165) is 12.8 Å². The zero-order chi connectivity index (χ0) is 23.5. The molecule has 0 spiro atoms. The molecule has 3 N–H and O–H groups in total.